The van der Waals surface area contributed by atoms with E-state index in [4.69, 9.17) is 4.98 Å². The van der Waals surface area contributed by atoms with Gasteiger partial charge in [0.25, 0.3) is 5.56 Å². The maximum atomic E-state index is 13.2. The number of nitrogens with zero attached hydrogens (tertiary/aromatic N) is 6. The second kappa shape index (κ2) is 10.1. The number of amides is 1. The molecular weight excluding hydrogens is 468 g/mol. The summed E-state index contributed by atoms with van der Waals surface area (Å²) >= 11 is 0. The van der Waals surface area contributed by atoms with Crippen molar-refractivity contribution in [3.8, 4) is 0 Å². The number of rotatable bonds is 6. The van der Waals surface area contributed by atoms with Crippen LogP contribution in [0.5, 0.6) is 0 Å². The highest BCUT2D eigenvalue weighted by Gasteiger charge is 2.27. The van der Waals surface area contributed by atoms with Crippen LogP contribution in [0.2, 0.25) is 0 Å². The number of piperazine rings is 1. The molecule has 0 N–H and O–H groups in total. The Labute approximate surface area is 215 Å². The summed E-state index contributed by atoms with van der Waals surface area (Å²) < 4.78 is 4.46. The van der Waals surface area contributed by atoms with Gasteiger partial charge in [0.15, 0.2) is 11.2 Å². The molecule has 1 saturated heterocycles. The van der Waals surface area contributed by atoms with Gasteiger partial charge in [0.1, 0.15) is 0 Å². The predicted molar refractivity (Wildman–Crippen MR) is 144 cm³/mol. The number of anilines is 1. The highest BCUT2D eigenvalue weighted by molar-refractivity contribution is 5.77. The maximum absolute atomic E-state index is 13.2. The second-order valence-electron chi connectivity index (χ2n) is 9.71. The molecule has 1 aliphatic heterocycles. The average Bonchev–Trinajstić information content (AvgIpc) is 3.30. The molecule has 2 aromatic heterocycles. The van der Waals surface area contributed by atoms with Gasteiger partial charge in [-0.3, -0.25) is 23.3 Å². The summed E-state index contributed by atoms with van der Waals surface area (Å²) in [6.45, 7) is 4.85. The molecule has 37 heavy (non-hydrogen) atoms. The molecule has 0 aliphatic carbocycles. The van der Waals surface area contributed by atoms with E-state index in [0.717, 1.165) is 27.7 Å². The Kier molecular flexibility index (Phi) is 6.69. The number of hydrogen-bond acceptors (Lipinski definition) is 5. The number of fused-ring (bicyclic) bond motifs is 1. The standard InChI is InChI=1S/C28H32N6O3/c1-20-9-11-22(12-10-20)19-34-24-25(30(2)28(37)31(3)26(24)36)29-27(34)33-17-15-32(16-18-33)23(35)14-13-21-7-5-4-6-8-21/h4-12H,13-19H2,1-3H3. The lowest BCUT2D eigenvalue weighted by Crippen LogP contribution is -2.49. The highest BCUT2D eigenvalue weighted by atomic mass is 16.2. The molecule has 0 radical (unpaired) electrons. The van der Waals surface area contributed by atoms with Crippen molar-refractivity contribution in [3.05, 3.63) is 92.1 Å². The van der Waals surface area contributed by atoms with E-state index in [0.29, 0.717) is 56.3 Å². The van der Waals surface area contributed by atoms with E-state index >= 15 is 0 Å². The van der Waals surface area contributed by atoms with Crippen LogP contribution in [0, 0.1) is 6.92 Å². The fraction of sp³-hybridized carbons (Fsp3) is 0.357. The third-order valence-electron chi connectivity index (χ3n) is 7.17. The maximum Gasteiger partial charge on any atom is 0.332 e. The number of hydrogen-bond donors (Lipinski definition) is 0. The van der Waals surface area contributed by atoms with Crippen LogP contribution < -0.4 is 16.1 Å². The third-order valence-corrected chi connectivity index (χ3v) is 7.17. The largest absolute Gasteiger partial charge is 0.339 e. The number of imidazole rings is 1. The topological polar surface area (TPSA) is 85.4 Å². The molecule has 9 heteroatoms. The Morgan fingerprint density at radius 3 is 2.22 bits per heavy atom. The molecule has 0 saturated carbocycles. The van der Waals surface area contributed by atoms with E-state index in [1.807, 2.05) is 71.0 Å². The van der Waals surface area contributed by atoms with Crippen molar-refractivity contribution >= 4 is 23.0 Å². The fourth-order valence-electron chi connectivity index (χ4n) is 4.91. The summed E-state index contributed by atoms with van der Waals surface area (Å²) in [5.41, 5.74) is 3.36. The lowest BCUT2D eigenvalue weighted by atomic mass is 10.1. The second-order valence-corrected chi connectivity index (χ2v) is 9.71. The van der Waals surface area contributed by atoms with Crippen LogP contribution >= 0.6 is 0 Å². The van der Waals surface area contributed by atoms with Gasteiger partial charge < -0.3 is 9.80 Å². The van der Waals surface area contributed by atoms with Crippen molar-refractivity contribution in [3.63, 3.8) is 0 Å². The highest BCUT2D eigenvalue weighted by Crippen LogP contribution is 2.23. The Balaban J connectivity index is 1.41. The first-order valence-corrected chi connectivity index (χ1v) is 12.6. The Morgan fingerprint density at radius 2 is 1.54 bits per heavy atom. The number of aromatic nitrogens is 4. The summed E-state index contributed by atoms with van der Waals surface area (Å²) in [4.78, 5) is 47.5. The van der Waals surface area contributed by atoms with Crippen LogP contribution in [0.25, 0.3) is 11.2 Å². The van der Waals surface area contributed by atoms with Crippen molar-refractivity contribution in [2.75, 3.05) is 31.1 Å². The van der Waals surface area contributed by atoms with Gasteiger partial charge in [0.2, 0.25) is 11.9 Å². The van der Waals surface area contributed by atoms with E-state index in [1.54, 1.807) is 7.05 Å². The Hall–Kier alpha value is -4.14. The van der Waals surface area contributed by atoms with E-state index in [9.17, 15) is 14.4 Å². The summed E-state index contributed by atoms with van der Waals surface area (Å²) in [5, 5.41) is 0. The number of carbonyl (C=O) groups excluding carboxylic acids is 1. The summed E-state index contributed by atoms with van der Waals surface area (Å²) in [5.74, 6) is 0.790. The SMILES string of the molecule is Cc1ccc(Cn2c(N3CCN(C(=O)CCc4ccccc4)CC3)nc3c2c(=O)n(C)c(=O)n3C)cc1. The molecule has 0 bridgehead atoms. The van der Waals surface area contributed by atoms with Gasteiger partial charge in [-0.2, -0.15) is 4.98 Å². The quantitative estimate of drug-likeness (QED) is 0.405. The molecule has 5 rings (SSSR count). The van der Waals surface area contributed by atoms with Crippen LogP contribution in [-0.4, -0.2) is 55.7 Å². The van der Waals surface area contributed by atoms with Crippen molar-refractivity contribution in [1.82, 2.24) is 23.6 Å². The molecule has 2 aromatic carbocycles. The molecular formula is C28H32N6O3. The van der Waals surface area contributed by atoms with Gasteiger partial charge in [0.05, 0.1) is 6.54 Å². The van der Waals surface area contributed by atoms with E-state index < -0.39 is 5.69 Å². The molecule has 0 atom stereocenters. The van der Waals surface area contributed by atoms with E-state index in [1.165, 1.54) is 11.6 Å². The van der Waals surface area contributed by atoms with Crippen LogP contribution in [-0.2, 0) is 31.9 Å². The zero-order valence-electron chi connectivity index (χ0n) is 21.6. The van der Waals surface area contributed by atoms with Crippen molar-refractivity contribution in [2.45, 2.75) is 26.3 Å². The number of carbonyl (C=O) groups is 1. The number of benzene rings is 2. The van der Waals surface area contributed by atoms with Gasteiger partial charge in [-0.05, 0) is 24.5 Å². The molecule has 9 nitrogen and oxygen atoms in total. The van der Waals surface area contributed by atoms with E-state index in [2.05, 4.69) is 4.90 Å². The monoisotopic (exact) mass is 500 g/mol. The van der Waals surface area contributed by atoms with Crippen molar-refractivity contribution in [1.29, 1.82) is 0 Å². The molecule has 1 amide bonds. The minimum Gasteiger partial charge on any atom is -0.339 e. The van der Waals surface area contributed by atoms with Gasteiger partial charge in [0, 0.05) is 46.7 Å². The van der Waals surface area contributed by atoms with Crippen LogP contribution in [0.4, 0.5) is 5.95 Å². The Morgan fingerprint density at radius 1 is 0.865 bits per heavy atom. The molecule has 3 heterocycles. The summed E-state index contributed by atoms with van der Waals surface area (Å²) in [6, 6.07) is 18.2. The zero-order chi connectivity index (χ0) is 26.1. The van der Waals surface area contributed by atoms with Crippen LogP contribution in [0.3, 0.4) is 0 Å². The first-order chi connectivity index (χ1) is 17.8. The molecule has 192 valence electrons. The van der Waals surface area contributed by atoms with Gasteiger partial charge >= 0.3 is 5.69 Å². The minimum atomic E-state index is -0.405. The van der Waals surface area contributed by atoms with Crippen molar-refractivity contribution < 1.29 is 4.79 Å². The fourth-order valence-corrected chi connectivity index (χ4v) is 4.91. The van der Waals surface area contributed by atoms with Crippen LogP contribution in [0.15, 0.2) is 64.2 Å². The van der Waals surface area contributed by atoms with Gasteiger partial charge in [-0.1, -0.05) is 60.2 Å². The average molecular weight is 501 g/mol. The molecule has 0 unspecified atom stereocenters. The summed E-state index contributed by atoms with van der Waals surface area (Å²) in [6.07, 6.45) is 1.21. The predicted octanol–water partition coefficient (Wildman–Crippen LogP) is 2.07. The zero-order valence-corrected chi connectivity index (χ0v) is 21.6. The lowest BCUT2D eigenvalue weighted by molar-refractivity contribution is -0.131. The smallest absolute Gasteiger partial charge is 0.332 e. The van der Waals surface area contributed by atoms with Gasteiger partial charge in [-0.15, -0.1) is 0 Å². The molecule has 0 spiro atoms. The first kappa shape index (κ1) is 24.5. The van der Waals surface area contributed by atoms with E-state index in [-0.39, 0.29) is 11.5 Å². The molecule has 4 aromatic rings. The number of aryl methyl sites for hydroxylation is 3. The van der Waals surface area contributed by atoms with Gasteiger partial charge in [-0.25, -0.2) is 4.79 Å². The minimum absolute atomic E-state index is 0.146. The Bertz CT molecular complexity index is 1540. The normalized spacial score (nSPS) is 13.9. The molecule has 1 aliphatic rings. The first-order valence-electron chi connectivity index (χ1n) is 12.6. The summed E-state index contributed by atoms with van der Waals surface area (Å²) in [7, 11) is 3.13. The lowest BCUT2D eigenvalue weighted by Gasteiger charge is -2.35. The van der Waals surface area contributed by atoms with Crippen LogP contribution in [0.1, 0.15) is 23.1 Å². The van der Waals surface area contributed by atoms with Crippen molar-refractivity contribution in [2.24, 2.45) is 14.1 Å². The third kappa shape index (κ3) is 4.81. The molecule has 1 fully saturated rings.